The third kappa shape index (κ3) is 5.12. The van der Waals surface area contributed by atoms with Gasteiger partial charge >= 0.3 is 0 Å². The van der Waals surface area contributed by atoms with E-state index in [1.165, 1.54) is 51.8 Å². The topological polar surface area (TPSA) is 88.1 Å². The molecule has 174 valence electrons. The van der Waals surface area contributed by atoms with E-state index >= 15 is 0 Å². The third-order valence-corrected chi connectivity index (χ3v) is 9.47. The smallest absolute Gasteiger partial charge is 0.237 e. The highest BCUT2D eigenvalue weighted by Crippen LogP contribution is 2.33. The number of para-hydroxylation sites is 1. The number of carbonyl (C=O) groups excluding carboxylic acids is 2. The van der Waals surface area contributed by atoms with Gasteiger partial charge in [0.1, 0.15) is 5.01 Å². The van der Waals surface area contributed by atoms with Crippen LogP contribution in [0.25, 0.3) is 10.2 Å². The zero-order valence-corrected chi connectivity index (χ0v) is 21.7. The Labute approximate surface area is 213 Å². The van der Waals surface area contributed by atoms with Crippen LogP contribution in [0.15, 0.2) is 51.1 Å². The molecule has 11 heteroatoms. The van der Waals surface area contributed by atoms with E-state index in [0.29, 0.717) is 5.75 Å². The Kier molecular flexibility index (Phi) is 6.87. The second-order valence-corrected chi connectivity index (χ2v) is 12.7. The van der Waals surface area contributed by atoms with E-state index in [9.17, 15) is 9.59 Å². The standard InChI is InChI=1S/C23H21N5O2S4/c1-13(32-23-27-26-14(2)33-23)21(30)24-16-7-8-17-19(11-16)34-22(25-17)31-12-20(29)28-10-9-15-5-3-4-6-18(15)28/h3-8,11,13H,9-10,12H2,1-2H3,(H,24,30)/t13-/m1/s1. The van der Waals surface area contributed by atoms with E-state index in [2.05, 4.69) is 26.6 Å². The van der Waals surface area contributed by atoms with Crippen molar-refractivity contribution in [1.29, 1.82) is 0 Å². The lowest BCUT2D eigenvalue weighted by Gasteiger charge is -2.16. The first kappa shape index (κ1) is 23.3. The molecule has 7 nitrogen and oxygen atoms in total. The van der Waals surface area contributed by atoms with Gasteiger partial charge in [-0.05, 0) is 50.1 Å². The molecule has 0 fully saturated rings. The summed E-state index contributed by atoms with van der Waals surface area (Å²) in [6, 6.07) is 13.8. The maximum Gasteiger partial charge on any atom is 0.237 e. The predicted molar refractivity (Wildman–Crippen MR) is 141 cm³/mol. The molecule has 5 rings (SSSR count). The number of anilines is 2. The van der Waals surface area contributed by atoms with Gasteiger partial charge in [0, 0.05) is 17.9 Å². The zero-order chi connectivity index (χ0) is 23.7. The number of carbonyl (C=O) groups is 2. The number of nitrogens with one attached hydrogen (secondary N) is 1. The average Bonchev–Trinajstić information content (AvgIpc) is 3.55. The number of thiazole rings is 1. The van der Waals surface area contributed by atoms with E-state index < -0.39 is 0 Å². The maximum atomic E-state index is 12.8. The minimum absolute atomic E-state index is 0.0900. The molecule has 0 saturated heterocycles. The van der Waals surface area contributed by atoms with Gasteiger partial charge in [-0.1, -0.05) is 53.1 Å². The van der Waals surface area contributed by atoms with Crippen LogP contribution in [-0.4, -0.2) is 44.5 Å². The van der Waals surface area contributed by atoms with Crippen LogP contribution in [0.3, 0.4) is 0 Å². The largest absolute Gasteiger partial charge is 0.325 e. The summed E-state index contributed by atoms with van der Waals surface area (Å²) in [7, 11) is 0. The first-order valence-corrected chi connectivity index (χ1v) is 14.2. The second kappa shape index (κ2) is 10.0. The van der Waals surface area contributed by atoms with Crippen LogP contribution >= 0.6 is 46.2 Å². The summed E-state index contributed by atoms with van der Waals surface area (Å²) in [5.74, 6) is 0.351. The Balaban J connectivity index is 1.20. The van der Waals surface area contributed by atoms with E-state index in [1.807, 2.05) is 55.1 Å². The van der Waals surface area contributed by atoms with Crippen molar-refractivity contribution >= 4 is 79.6 Å². The van der Waals surface area contributed by atoms with Crippen LogP contribution in [0.4, 0.5) is 11.4 Å². The first-order chi connectivity index (χ1) is 16.5. The Morgan fingerprint density at radius 2 is 2.00 bits per heavy atom. The number of benzene rings is 2. The number of aryl methyl sites for hydroxylation is 1. The van der Waals surface area contributed by atoms with Gasteiger partial charge in [0.05, 0.1) is 21.2 Å². The number of rotatable bonds is 7. The van der Waals surface area contributed by atoms with Gasteiger partial charge in [-0.25, -0.2) is 4.98 Å². The van der Waals surface area contributed by atoms with Gasteiger partial charge < -0.3 is 10.2 Å². The minimum atomic E-state index is -0.294. The fraction of sp³-hybridized carbons (Fsp3) is 0.261. The summed E-state index contributed by atoms with van der Waals surface area (Å²) >= 11 is 5.87. The van der Waals surface area contributed by atoms with Gasteiger partial charge in [0.25, 0.3) is 0 Å². The summed E-state index contributed by atoms with van der Waals surface area (Å²) in [6.07, 6.45) is 0.902. The van der Waals surface area contributed by atoms with Crippen molar-refractivity contribution in [1.82, 2.24) is 15.2 Å². The van der Waals surface area contributed by atoms with Gasteiger partial charge in [0.2, 0.25) is 11.8 Å². The number of thioether (sulfide) groups is 2. The number of amides is 2. The van der Waals surface area contributed by atoms with Crippen molar-refractivity contribution < 1.29 is 9.59 Å². The van der Waals surface area contributed by atoms with Crippen molar-refractivity contribution in [2.75, 3.05) is 22.5 Å². The molecule has 2 aromatic heterocycles. The number of hydrogen-bond acceptors (Lipinski definition) is 9. The lowest BCUT2D eigenvalue weighted by Crippen LogP contribution is -2.30. The number of aromatic nitrogens is 3. The highest BCUT2D eigenvalue weighted by molar-refractivity contribution is 8.02. The summed E-state index contributed by atoms with van der Waals surface area (Å²) < 4.78 is 2.60. The molecule has 0 saturated carbocycles. The van der Waals surface area contributed by atoms with Crippen LogP contribution < -0.4 is 10.2 Å². The molecular formula is C23H21N5O2S4. The Hall–Kier alpha value is -2.47. The van der Waals surface area contributed by atoms with E-state index in [-0.39, 0.29) is 17.1 Å². The fourth-order valence-electron chi connectivity index (χ4n) is 3.62. The SMILES string of the molecule is Cc1nnc(S[C@H](C)C(=O)Nc2ccc3nc(SCC(=O)N4CCc5ccccc54)sc3c2)s1. The predicted octanol–water partition coefficient (Wildman–Crippen LogP) is 5.26. The zero-order valence-electron chi connectivity index (χ0n) is 18.5. The van der Waals surface area contributed by atoms with Crippen molar-refractivity contribution in [3.63, 3.8) is 0 Å². The Morgan fingerprint density at radius 1 is 1.15 bits per heavy atom. The number of hydrogen-bond donors (Lipinski definition) is 1. The molecule has 1 atom stereocenters. The van der Waals surface area contributed by atoms with Crippen LogP contribution in [0, 0.1) is 6.92 Å². The highest BCUT2D eigenvalue weighted by atomic mass is 32.2. The van der Waals surface area contributed by atoms with Crippen molar-refractivity contribution in [3.8, 4) is 0 Å². The van der Waals surface area contributed by atoms with Crippen molar-refractivity contribution in [2.45, 2.75) is 34.2 Å². The molecule has 2 aromatic carbocycles. The number of nitrogens with zero attached hydrogens (tertiary/aromatic N) is 4. The Bertz CT molecular complexity index is 1370. The molecule has 1 aliphatic heterocycles. The molecule has 3 heterocycles. The molecule has 1 aliphatic rings. The molecule has 2 amide bonds. The number of fused-ring (bicyclic) bond motifs is 2. The van der Waals surface area contributed by atoms with Crippen LogP contribution in [0.5, 0.6) is 0 Å². The average molecular weight is 528 g/mol. The van der Waals surface area contributed by atoms with Crippen molar-refractivity contribution in [2.24, 2.45) is 0 Å². The molecule has 0 aliphatic carbocycles. The van der Waals surface area contributed by atoms with Crippen LogP contribution in [0.2, 0.25) is 0 Å². The van der Waals surface area contributed by atoms with Gasteiger partial charge in [-0.3, -0.25) is 9.59 Å². The third-order valence-electron chi connectivity index (χ3n) is 5.30. The fourth-order valence-corrected chi connectivity index (χ4v) is 7.56. The summed E-state index contributed by atoms with van der Waals surface area (Å²) in [4.78, 5) is 31.9. The Morgan fingerprint density at radius 3 is 2.82 bits per heavy atom. The molecule has 0 radical (unpaired) electrons. The monoisotopic (exact) mass is 527 g/mol. The van der Waals surface area contributed by atoms with Crippen molar-refractivity contribution in [3.05, 3.63) is 53.0 Å². The van der Waals surface area contributed by atoms with Gasteiger partial charge in [0.15, 0.2) is 8.68 Å². The summed E-state index contributed by atoms with van der Waals surface area (Å²) in [5, 5.41) is 11.6. The van der Waals surface area contributed by atoms with Crippen LogP contribution in [-0.2, 0) is 16.0 Å². The highest BCUT2D eigenvalue weighted by Gasteiger charge is 2.24. The van der Waals surface area contributed by atoms with E-state index in [4.69, 9.17) is 0 Å². The molecule has 0 unspecified atom stereocenters. The molecule has 34 heavy (non-hydrogen) atoms. The lowest BCUT2D eigenvalue weighted by molar-refractivity contribution is -0.116. The normalized spacial score (nSPS) is 13.8. The molecule has 4 aromatic rings. The second-order valence-electron chi connectivity index (χ2n) is 7.71. The molecule has 1 N–H and O–H groups in total. The first-order valence-electron chi connectivity index (χ1n) is 10.7. The van der Waals surface area contributed by atoms with Gasteiger partial charge in [-0.15, -0.1) is 21.5 Å². The lowest BCUT2D eigenvalue weighted by atomic mass is 10.2. The molecular weight excluding hydrogens is 507 g/mol. The molecule has 0 spiro atoms. The van der Waals surface area contributed by atoms with Crippen LogP contribution in [0.1, 0.15) is 17.5 Å². The minimum Gasteiger partial charge on any atom is -0.325 e. The quantitative estimate of drug-likeness (QED) is 0.328. The summed E-state index contributed by atoms with van der Waals surface area (Å²) in [5.41, 5.74) is 3.83. The summed E-state index contributed by atoms with van der Waals surface area (Å²) in [6.45, 7) is 4.48. The van der Waals surface area contributed by atoms with E-state index in [0.717, 1.165) is 48.2 Å². The van der Waals surface area contributed by atoms with Gasteiger partial charge in [-0.2, -0.15) is 0 Å². The maximum absolute atomic E-state index is 12.8. The molecule has 0 bridgehead atoms. The van der Waals surface area contributed by atoms with E-state index in [1.54, 1.807) is 0 Å².